The molecule has 0 N–H and O–H groups in total. The number of hydrogen-bond acceptors (Lipinski definition) is 3. The predicted octanol–water partition coefficient (Wildman–Crippen LogP) is 4.74. The quantitative estimate of drug-likeness (QED) is 0.540. The molecule has 0 atom stereocenters. The van der Waals surface area contributed by atoms with E-state index < -0.39 is 9.05 Å². The minimum atomic E-state index is -3.49. The van der Waals surface area contributed by atoms with Crippen molar-refractivity contribution in [2.24, 2.45) is 11.3 Å². The number of rotatable bonds is 10. The Kier molecular flexibility index (Phi) is 8.58. The second-order valence-corrected chi connectivity index (χ2v) is 9.48. The highest BCUT2D eigenvalue weighted by Crippen LogP contribution is 2.34. The van der Waals surface area contributed by atoms with Crippen LogP contribution in [0.4, 0.5) is 0 Å². The third-order valence-corrected chi connectivity index (χ3v) is 5.81. The Morgan fingerprint density at radius 3 is 2.14 bits per heavy atom. The van der Waals surface area contributed by atoms with E-state index in [0.29, 0.717) is 12.5 Å². The van der Waals surface area contributed by atoms with Gasteiger partial charge in [0.15, 0.2) is 0 Å². The van der Waals surface area contributed by atoms with Gasteiger partial charge in [0.2, 0.25) is 9.05 Å². The molecule has 0 saturated heterocycles. The summed E-state index contributed by atoms with van der Waals surface area (Å²) in [5, 5.41) is 0. The van der Waals surface area contributed by atoms with Crippen molar-refractivity contribution in [1.82, 2.24) is 0 Å². The van der Waals surface area contributed by atoms with Crippen molar-refractivity contribution in [2.45, 2.75) is 71.6 Å². The molecule has 126 valence electrons. The minimum absolute atomic E-state index is 0.0356. The van der Waals surface area contributed by atoms with Gasteiger partial charge in [-0.15, -0.1) is 0 Å². The first-order valence-corrected chi connectivity index (χ1v) is 10.9. The SMILES string of the molecule is CCCC(CCC)(COCC1CCCCC1)CS(=O)(=O)Cl. The van der Waals surface area contributed by atoms with Gasteiger partial charge in [0.1, 0.15) is 0 Å². The summed E-state index contributed by atoms with van der Waals surface area (Å²) in [7, 11) is 2.04. The largest absolute Gasteiger partial charge is 0.381 e. The first kappa shape index (κ1) is 19.2. The molecular weight excluding hydrogens is 308 g/mol. The Morgan fingerprint density at radius 1 is 1.10 bits per heavy atom. The van der Waals surface area contributed by atoms with Crippen molar-refractivity contribution in [1.29, 1.82) is 0 Å². The van der Waals surface area contributed by atoms with E-state index >= 15 is 0 Å². The molecule has 21 heavy (non-hydrogen) atoms. The Morgan fingerprint density at radius 2 is 1.67 bits per heavy atom. The van der Waals surface area contributed by atoms with Gasteiger partial charge in [-0.2, -0.15) is 0 Å². The van der Waals surface area contributed by atoms with Crippen molar-refractivity contribution in [3.63, 3.8) is 0 Å². The molecule has 0 aromatic rings. The van der Waals surface area contributed by atoms with Crippen molar-refractivity contribution in [3.05, 3.63) is 0 Å². The van der Waals surface area contributed by atoms with Crippen LogP contribution < -0.4 is 0 Å². The van der Waals surface area contributed by atoms with E-state index in [1.54, 1.807) is 0 Å². The van der Waals surface area contributed by atoms with Crippen LogP contribution in [0.3, 0.4) is 0 Å². The van der Waals surface area contributed by atoms with Gasteiger partial charge in [-0.05, 0) is 31.6 Å². The van der Waals surface area contributed by atoms with Crippen LogP contribution in [0.15, 0.2) is 0 Å². The highest BCUT2D eigenvalue weighted by atomic mass is 35.7. The molecule has 5 heteroatoms. The lowest BCUT2D eigenvalue weighted by molar-refractivity contribution is 0.0185. The molecule has 3 nitrogen and oxygen atoms in total. The van der Waals surface area contributed by atoms with Crippen LogP contribution in [0.2, 0.25) is 0 Å². The van der Waals surface area contributed by atoms with Gasteiger partial charge in [0, 0.05) is 22.7 Å². The third-order valence-electron chi connectivity index (χ3n) is 4.53. The summed E-state index contributed by atoms with van der Waals surface area (Å²) in [6.45, 7) is 5.48. The van der Waals surface area contributed by atoms with E-state index in [-0.39, 0.29) is 11.2 Å². The van der Waals surface area contributed by atoms with Crippen LogP contribution in [-0.4, -0.2) is 27.4 Å². The molecule has 0 aromatic heterocycles. The van der Waals surface area contributed by atoms with Gasteiger partial charge in [-0.1, -0.05) is 46.0 Å². The molecule has 0 aromatic carbocycles. The maximum atomic E-state index is 11.6. The topological polar surface area (TPSA) is 43.4 Å². The zero-order chi connectivity index (χ0) is 15.8. The summed E-state index contributed by atoms with van der Waals surface area (Å²) in [5.41, 5.74) is -0.307. The summed E-state index contributed by atoms with van der Waals surface area (Å²) in [6, 6.07) is 0. The Hall–Kier alpha value is 0.200. The average Bonchev–Trinajstić information content (AvgIpc) is 2.38. The van der Waals surface area contributed by atoms with Gasteiger partial charge < -0.3 is 4.74 Å². The molecular formula is C16H31ClO3S. The summed E-state index contributed by atoms with van der Waals surface area (Å²) in [6.07, 6.45) is 10.1. The van der Waals surface area contributed by atoms with Crippen LogP contribution in [0.1, 0.15) is 71.6 Å². The molecule has 1 saturated carbocycles. The first-order valence-electron chi connectivity index (χ1n) is 8.41. The van der Waals surface area contributed by atoms with Gasteiger partial charge in [-0.25, -0.2) is 8.42 Å². The Bertz CT molecular complexity index is 369. The predicted molar refractivity (Wildman–Crippen MR) is 89.3 cm³/mol. The fraction of sp³-hybridized carbons (Fsp3) is 1.00. The van der Waals surface area contributed by atoms with E-state index in [0.717, 1.165) is 32.3 Å². The molecule has 1 rings (SSSR count). The molecule has 1 fully saturated rings. The monoisotopic (exact) mass is 338 g/mol. The standard InChI is InChI=1S/C16H31ClO3S/c1-3-10-16(11-4-2,14-21(17,18)19)13-20-12-15-8-6-5-7-9-15/h15H,3-14H2,1-2H3. The van der Waals surface area contributed by atoms with Crippen molar-refractivity contribution in [3.8, 4) is 0 Å². The second-order valence-electron chi connectivity index (χ2n) is 6.70. The lowest BCUT2D eigenvalue weighted by atomic mass is 9.82. The van der Waals surface area contributed by atoms with Crippen LogP contribution in [-0.2, 0) is 13.8 Å². The molecule has 0 aliphatic heterocycles. The molecule has 0 heterocycles. The Balaban J connectivity index is 2.57. The normalized spacial score (nSPS) is 18.0. The molecule has 0 amide bonds. The van der Waals surface area contributed by atoms with E-state index in [1.165, 1.54) is 32.1 Å². The van der Waals surface area contributed by atoms with Gasteiger partial charge >= 0.3 is 0 Å². The lowest BCUT2D eigenvalue weighted by Crippen LogP contribution is -2.34. The minimum Gasteiger partial charge on any atom is -0.381 e. The van der Waals surface area contributed by atoms with Gasteiger partial charge in [-0.3, -0.25) is 0 Å². The highest BCUT2D eigenvalue weighted by molar-refractivity contribution is 8.13. The van der Waals surface area contributed by atoms with E-state index in [1.807, 2.05) is 0 Å². The smallest absolute Gasteiger partial charge is 0.233 e. The number of hydrogen-bond donors (Lipinski definition) is 0. The summed E-state index contributed by atoms with van der Waals surface area (Å²) in [4.78, 5) is 0. The first-order chi connectivity index (χ1) is 9.91. The van der Waals surface area contributed by atoms with Gasteiger partial charge in [0.25, 0.3) is 0 Å². The summed E-state index contributed by atoms with van der Waals surface area (Å²) in [5.74, 6) is 0.695. The van der Waals surface area contributed by atoms with Crippen LogP contribution >= 0.6 is 10.7 Å². The maximum absolute atomic E-state index is 11.6. The third kappa shape index (κ3) is 7.85. The molecule has 1 aliphatic rings. The van der Waals surface area contributed by atoms with E-state index in [2.05, 4.69) is 13.8 Å². The van der Waals surface area contributed by atoms with Crippen molar-refractivity contribution >= 4 is 19.7 Å². The fourth-order valence-corrected chi connectivity index (χ4v) is 5.48. The summed E-state index contributed by atoms with van der Waals surface area (Å²) >= 11 is 0. The Labute approximate surface area is 135 Å². The maximum Gasteiger partial charge on any atom is 0.233 e. The average molecular weight is 339 g/mol. The van der Waals surface area contributed by atoms with Gasteiger partial charge in [0.05, 0.1) is 12.4 Å². The zero-order valence-corrected chi connectivity index (χ0v) is 15.1. The molecule has 0 radical (unpaired) electrons. The van der Waals surface area contributed by atoms with Crippen molar-refractivity contribution < 1.29 is 13.2 Å². The number of halogens is 1. The van der Waals surface area contributed by atoms with E-state index in [9.17, 15) is 8.42 Å². The van der Waals surface area contributed by atoms with Crippen molar-refractivity contribution in [2.75, 3.05) is 19.0 Å². The fourth-order valence-electron chi connectivity index (χ4n) is 3.68. The summed E-state index contributed by atoms with van der Waals surface area (Å²) < 4.78 is 29.1. The van der Waals surface area contributed by atoms with Crippen LogP contribution in [0, 0.1) is 11.3 Å². The lowest BCUT2D eigenvalue weighted by Gasteiger charge is -2.33. The molecule has 1 aliphatic carbocycles. The zero-order valence-electron chi connectivity index (χ0n) is 13.6. The number of ether oxygens (including phenoxy) is 1. The van der Waals surface area contributed by atoms with Crippen LogP contribution in [0.5, 0.6) is 0 Å². The van der Waals surface area contributed by atoms with Crippen LogP contribution in [0.25, 0.3) is 0 Å². The second kappa shape index (κ2) is 9.36. The molecule has 0 bridgehead atoms. The highest BCUT2D eigenvalue weighted by Gasteiger charge is 2.34. The molecule has 0 spiro atoms. The molecule has 0 unspecified atom stereocenters. The van der Waals surface area contributed by atoms with E-state index in [4.69, 9.17) is 15.4 Å².